The monoisotopic (exact) mass is 232 g/mol. The van der Waals surface area contributed by atoms with Crippen LogP contribution in [0, 0.1) is 11.3 Å². The second-order valence-corrected chi connectivity index (χ2v) is 4.03. The molecule has 0 saturated carbocycles. The fourth-order valence-corrected chi connectivity index (χ4v) is 1.32. The van der Waals surface area contributed by atoms with Crippen LogP contribution >= 0.6 is 0 Å². The van der Waals surface area contributed by atoms with Gasteiger partial charge in [-0.1, -0.05) is 0 Å². The number of nitrogens with zero attached hydrogens (tertiary/aromatic N) is 3. The Bertz CT molecular complexity index is 462. The number of carbonyl (C=O) groups excluding carboxylic acids is 1. The molecule has 0 atom stereocenters. The third-order valence-corrected chi connectivity index (χ3v) is 2.47. The van der Waals surface area contributed by atoms with Crippen molar-refractivity contribution in [2.75, 3.05) is 38.3 Å². The lowest BCUT2D eigenvalue weighted by Crippen LogP contribution is -2.34. The lowest BCUT2D eigenvalue weighted by atomic mass is 10.1. The molecule has 1 aromatic carbocycles. The average molecular weight is 232 g/mol. The molecular formula is C12H16N4O. The zero-order valence-electron chi connectivity index (χ0n) is 10.3. The highest BCUT2D eigenvalue weighted by Gasteiger charge is 2.10. The van der Waals surface area contributed by atoms with Gasteiger partial charge >= 0.3 is 0 Å². The van der Waals surface area contributed by atoms with Crippen LogP contribution in [0.25, 0.3) is 0 Å². The molecule has 90 valence electrons. The summed E-state index contributed by atoms with van der Waals surface area (Å²) in [5, 5.41) is 8.76. The second-order valence-electron chi connectivity index (χ2n) is 4.03. The molecule has 1 rings (SSSR count). The molecule has 17 heavy (non-hydrogen) atoms. The molecule has 1 aromatic rings. The number of nitrogens with two attached hydrogens (primary N) is 1. The van der Waals surface area contributed by atoms with Crippen LogP contribution in [0.1, 0.15) is 5.56 Å². The van der Waals surface area contributed by atoms with Crippen LogP contribution in [0.3, 0.4) is 0 Å². The molecule has 1 amide bonds. The zero-order valence-corrected chi connectivity index (χ0v) is 10.3. The zero-order chi connectivity index (χ0) is 13.0. The van der Waals surface area contributed by atoms with Gasteiger partial charge in [-0.25, -0.2) is 0 Å². The number of carbonyl (C=O) groups is 1. The maximum Gasteiger partial charge on any atom is 0.241 e. The van der Waals surface area contributed by atoms with Crippen LogP contribution < -0.4 is 10.6 Å². The Labute approximate surface area is 101 Å². The number of hydrogen-bond donors (Lipinski definition) is 1. The van der Waals surface area contributed by atoms with Gasteiger partial charge in [-0.3, -0.25) is 4.79 Å². The first-order valence-electron chi connectivity index (χ1n) is 5.16. The molecule has 0 spiro atoms. The maximum atomic E-state index is 11.5. The molecule has 2 N–H and O–H groups in total. The summed E-state index contributed by atoms with van der Waals surface area (Å²) in [7, 11) is 5.23. The van der Waals surface area contributed by atoms with Crippen molar-refractivity contribution >= 4 is 17.3 Å². The largest absolute Gasteiger partial charge is 0.398 e. The van der Waals surface area contributed by atoms with Crippen molar-refractivity contribution in [2.45, 2.75) is 0 Å². The van der Waals surface area contributed by atoms with Gasteiger partial charge in [-0.2, -0.15) is 5.26 Å². The van der Waals surface area contributed by atoms with E-state index in [0.29, 0.717) is 11.3 Å². The van der Waals surface area contributed by atoms with E-state index in [2.05, 4.69) is 0 Å². The van der Waals surface area contributed by atoms with E-state index >= 15 is 0 Å². The molecule has 0 aliphatic carbocycles. The highest BCUT2D eigenvalue weighted by atomic mass is 16.2. The minimum Gasteiger partial charge on any atom is -0.398 e. The standard InChI is InChI=1S/C12H16N4O/c1-15(2)12(17)8-16(3)10-5-4-9(7-13)11(14)6-10/h4-6H,8,14H2,1-3H3. The van der Waals surface area contributed by atoms with E-state index < -0.39 is 0 Å². The van der Waals surface area contributed by atoms with E-state index in [0.717, 1.165) is 5.69 Å². The lowest BCUT2D eigenvalue weighted by molar-refractivity contribution is -0.127. The molecule has 0 bridgehead atoms. The van der Waals surface area contributed by atoms with Crippen LogP contribution in [0.15, 0.2) is 18.2 Å². The van der Waals surface area contributed by atoms with Crippen molar-refractivity contribution < 1.29 is 4.79 Å². The minimum absolute atomic E-state index is 0.00966. The van der Waals surface area contributed by atoms with E-state index in [-0.39, 0.29) is 12.5 Å². The number of nitriles is 1. The first kappa shape index (κ1) is 12.8. The topological polar surface area (TPSA) is 73.4 Å². The summed E-state index contributed by atoms with van der Waals surface area (Å²) in [6.45, 7) is 0.276. The Morgan fingerprint density at radius 3 is 2.53 bits per heavy atom. The molecule has 0 aromatic heterocycles. The Morgan fingerprint density at radius 1 is 1.41 bits per heavy atom. The Balaban J connectivity index is 2.84. The van der Waals surface area contributed by atoms with Crippen molar-refractivity contribution in [1.82, 2.24) is 4.90 Å². The fourth-order valence-electron chi connectivity index (χ4n) is 1.32. The van der Waals surface area contributed by atoms with Crippen molar-refractivity contribution in [2.24, 2.45) is 0 Å². The summed E-state index contributed by atoms with van der Waals surface area (Å²) in [4.78, 5) is 14.9. The SMILES string of the molecule is CN(C)C(=O)CN(C)c1ccc(C#N)c(N)c1. The fraction of sp³-hybridized carbons (Fsp3) is 0.333. The first-order valence-corrected chi connectivity index (χ1v) is 5.16. The third-order valence-electron chi connectivity index (χ3n) is 2.47. The van der Waals surface area contributed by atoms with Gasteiger partial charge in [0.2, 0.25) is 5.91 Å². The van der Waals surface area contributed by atoms with E-state index in [1.165, 1.54) is 4.90 Å². The molecule has 5 nitrogen and oxygen atoms in total. The van der Waals surface area contributed by atoms with E-state index in [9.17, 15) is 4.79 Å². The van der Waals surface area contributed by atoms with Gasteiger partial charge in [0.05, 0.1) is 17.8 Å². The summed E-state index contributed by atoms with van der Waals surface area (Å²) in [6.07, 6.45) is 0. The summed E-state index contributed by atoms with van der Waals surface area (Å²) in [6, 6.07) is 7.13. The number of nitrogen functional groups attached to an aromatic ring is 1. The normalized spacial score (nSPS) is 9.53. The summed E-state index contributed by atoms with van der Waals surface area (Å²) >= 11 is 0. The molecular weight excluding hydrogens is 216 g/mol. The highest BCUT2D eigenvalue weighted by molar-refractivity contribution is 5.81. The minimum atomic E-state index is 0.00966. The van der Waals surface area contributed by atoms with E-state index in [1.807, 2.05) is 13.1 Å². The van der Waals surface area contributed by atoms with Crippen LogP contribution in [-0.2, 0) is 4.79 Å². The Hall–Kier alpha value is -2.22. The Kier molecular flexibility index (Phi) is 3.94. The molecule has 0 radical (unpaired) electrons. The first-order chi connectivity index (χ1) is 7.95. The molecule has 0 heterocycles. The van der Waals surface area contributed by atoms with E-state index in [1.54, 1.807) is 37.2 Å². The van der Waals surface area contributed by atoms with Crippen LogP contribution in [0.4, 0.5) is 11.4 Å². The van der Waals surface area contributed by atoms with Crippen LogP contribution in [0.2, 0.25) is 0 Å². The van der Waals surface area contributed by atoms with Gasteiger partial charge in [0.15, 0.2) is 0 Å². The summed E-state index contributed by atoms with van der Waals surface area (Å²) in [5.74, 6) is 0.00966. The average Bonchev–Trinajstić information content (AvgIpc) is 2.28. The van der Waals surface area contributed by atoms with Gasteiger partial charge in [-0.15, -0.1) is 0 Å². The third kappa shape index (κ3) is 3.11. The predicted molar refractivity (Wildman–Crippen MR) is 67.5 cm³/mol. The van der Waals surface area contributed by atoms with Crippen LogP contribution in [-0.4, -0.2) is 38.5 Å². The van der Waals surface area contributed by atoms with Crippen LogP contribution in [0.5, 0.6) is 0 Å². The molecule has 0 unspecified atom stereocenters. The highest BCUT2D eigenvalue weighted by Crippen LogP contribution is 2.19. The molecule has 0 aliphatic heterocycles. The van der Waals surface area contributed by atoms with Gasteiger partial charge in [-0.05, 0) is 18.2 Å². The van der Waals surface area contributed by atoms with Gasteiger partial charge in [0.1, 0.15) is 6.07 Å². The van der Waals surface area contributed by atoms with Gasteiger partial charge in [0.25, 0.3) is 0 Å². The molecule has 0 saturated heterocycles. The quantitative estimate of drug-likeness (QED) is 0.777. The molecule has 5 heteroatoms. The van der Waals surface area contributed by atoms with E-state index in [4.69, 9.17) is 11.0 Å². The van der Waals surface area contributed by atoms with Gasteiger partial charge in [0, 0.05) is 26.8 Å². The molecule has 0 fully saturated rings. The Morgan fingerprint density at radius 2 is 2.06 bits per heavy atom. The number of amides is 1. The summed E-state index contributed by atoms with van der Waals surface area (Å²) in [5.41, 5.74) is 7.40. The predicted octanol–water partition coefficient (Wildman–Crippen LogP) is 0.665. The summed E-state index contributed by atoms with van der Waals surface area (Å²) < 4.78 is 0. The number of benzene rings is 1. The number of hydrogen-bond acceptors (Lipinski definition) is 4. The number of likely N-dealkylation sites (N-methyl/N-ethyl adjacent to an activating group) is 2. The van der Waals surface area contributed by atoms with Gasteiger partial charge < -0.3 is 15.5 Å². The van der Waals surface area contributed by atoms with Crippen molar-refractivity contribution in [3.8, 4) is 6.07 Å². The number of rotatable bonds is 3. The smallest absolute Gasteiger partial charge is 0.241 e. The second kappa shape index (κ2) is 5.21. The number of anilines is 2. The van der Waals surface area contributed by atoms with Crippen molar-refractivity contribution in [3.05, 3.63) is 23.8 Å². The van der Waals surface area contributed by atoms with Crippen molar-refractivity contribution in [3.63, 3.8) is 0 Å². The lowest BCUT2D eigenvalue weighted by Gasteiger charge is -2.21. The molecule has 0 aliphatic rings. The van der Waals surface area contributed by atoms with Crippen molar-refractivity contribution in [1.29, 1.82) is 5.26 Å². The maximum absolute atomic E-state index is 11.5.